The summed E-state index contributed by atoms with van der Waals surface area (Å²) in [5.41, 5.74) is 2.15. The molecule has 0 saturated heterocycles. The molecule has 1 aliphatic rings. The Labute approximate surface area is 101 Å². The van der Waals surface area contributed by atoms with Crippen molar-refractivity contribution >= 4 is 6.09 Å². The van der Waals surface area contributed by atoms with Crippen molar-refractivity contribution in [2.24, 2.45) is 0 Å². The number of ether oxygens (including phenoxy) is 1. The molecule has 2 rings (SSSR count). The van der Waals surface area contributed by atoms with Crippen LogP contribution in [0.1, 0.15) is 43.0 Å². The molecule has 0 bridgehead atoms. The molecule has 1 amide bonds. The van der Waals surface area contributed by atoms with E-state index in [1.807, 2.05) is 31.2 Å². The standard InChI is InChI=1S/C13H17NO3/c1-2-17-12-8-7-11(14-13(15)16)9-5-3-4-6-10(9)12/h3-6,11-12,14H,2,7-8H2,1H3,(H,15,16)/t11-,12-/m0/s1. The monoisotopic (exact) mass is 235 g/mol. The van der Waals surface area contributed by atoms with Crippen molar-refractivity contribution in [3.8, 4) is 0 Å². The number of carbonyl (C=O) groups is 1. The van der Waals surface area contributed by atoms with Crippen LogP contribution in [0.5, 0.6) is 0 Å². The van der Waals surface area contributed by atoms with Gasteiger partial charge < -0.3 is 15.2 Å². The Bertz CT molecular complexity index is 405. The summed E-state index contributed by atoms with van der Waals surface area (Å²) >= 11 is 0. The Balaban J connectivity index is 2.26. The van der Waals surface area contributed by atoms with Gasteiger partial charge in [0.2, 0.25) is 0 Å². The quantitative estimate of drug-likeness (QED) is 0.846. The van der Waals surface area contributed by atoms with E-state index in [9.17, 15) is 4.79 Å². The van der Waals surface area contributed by atoms with Crippen LogP contribution in [0.3, 0.4) is 0 Å². The van der Waals surface area contributed by atoms with Crippen molar-refractivity contribution in [1.29, 1.82) is 0 Å². The van der Waals surface area contributed by atoms with Gasteiger partial charge >= 0.3 is 6.09 Å². The Morgan fingerprint density at radius 2 is 2.12 bits per heavy atom. The second-order valence-electron chi connectivity index (χ2n) is 4.15. The molecule has 1 aromatic rings. The van der Waals surface area contributed by atoms with Gasteiger partial charge in [-0.3, -0.25) is 0 Å². The fourth-order valence-corrected chi connectivity index (χ4v) is 2.42. The van der Waals surface area contributed by atoms with Gasteiger partial charge in [-0.05, 0) is 30.9 Å². The molecule has 4 nitrogen and oxygen atoms in total. The minimum atomic E-state index is -0.973. The Kier molecular flexibility index (Phi) is 3.64. The molecule has 1 aromatic carbocycles. The van der Waals surface area contributed by atoms with Gasteiger partial charge in [0.25, 0.3) is 0 Å². The summed E-state index contributed by atoms with van der Waals surface area (Å²) < 4.78 is 5.69. The van der Waals surface area contributed by atoms with E-state index in [1.54, 1.807) is 0 Å². The molecule has 2 atom stereocenters. The first-order chi connectivity index (χ1) is 8.22. The number of amides is 1. The zero-order valence-corrected chi connectivity index (χ0v) is 9.85. The third-order valence-corrected chi connectivity index (χ3v) is 3.10. The lowest BCUT2D eigenvalue weighted by Crippen LogP contribution is -2.31. The van der Waals surface area contributed by atoms with E-state index in [1.165, 1.54) is 0 Å². The van der Waals surface area contributed by atoms with Gasteiger partial charge in [0.15, 0.2) is 0 Å². The maximum atomic E-state index is 10.7. The third kappa shape index (κ3) is 2.58. The Morgan fingerprint density at radius 3 is 2.76 bits per heavy atom. The molecule has 0 spiro atoms. The van der Waals surface area contributed by atoms with E-state index in [2.05, 4.69) is 5.32 Å². The molecule has 0 fully saturated rings. The normalized spacial score (nSPS) is 22.9. The van der Waals surface area contributed by atoms with Crippen LogP contribution >= 0.6 is 0 Å². The average Bonchev–Trinajstić information content (AvgIpc) is 2.32. The molecule has 17 heavy (non-hydrogen) atoms. The fraction of sp³-hybridized carbons (Fsp3) is 0.462. The molecule has 1 aliphatic carbocycles. The molecule has 0 aromatic heterocycles. The molecule has 0 heterocycles. The van der Waals surface area contributed by atoms with Crippen LogP contribution in [0, 0.1) is 0 Å². The number of carboxylic acid groups (broad SMARTS) is 1. The number of hydrogen-bond acceptors (Lipinski definition) is 2. The molecule has 0 saturated carbocycles. The topological polar surface area (TPSA) is 58.6 Å². The maximum Gasteiger partial charge on any atom is 0.405 e. The number of benzene rings is 1. The van der Waals surface area contributed by atoms with Gasteiger partial charge in [0.1, 0.15) is 0 Å². The molecular formula is C13H17NO3. The number of hydrogen-bond donors (Lipinski definition) is 2. The number of nitrogens with one attached hydrogen (secondary N) is 1. The molecule has 4 heteroatoms. The van der Waals surface area contributed by atoms with Crippen LogP contribution in [0.4, 0.5) is 4.79 Å². The van der Waals surface area contributed by atoms with E-state index < -0.39 is 6.09 Å². The summed E-state index contributed by atoms with van der Waals surface area (Å²) in [6.45, 7) is 2.65. The summed E-state index contributed by atoms with van der Waals surface area (Å²) in [6, 6.07) is 7.78. The molecule has 2 N–H and O–H groups in total. The van der Waals surface area contributed by atoms with Gasteiger partial charge in [-0.1, -0.05) is 24.3 Å². The van der Waals surface area contributed by atoms with E-state index in [-0.39, 0.29) is 12.1 Å². The predicted octanol–water partition coefficient (Wildman–Crippen LogP) is 2.87. The summed E-state index contributed by atoms with van der Waals surface area (Å²) in [6.07, 6.45) is 0.770. The van der Waals surface area contributed by atoms with Crippen molar-refractivity contribution in [3.05, 3.63) is 35.4 Å². The van der Waals surface area contributed by atoms with Gasteiger partial charge in [-0.15, -0.1) is 0 Å². The first kappa shape index (κ1) is 11.9. The number of fused-ring (bicyclic) bond motifs is 1. The SMILES string of the molecule is CCO[C@H]1CC[C@H](NC(=O)O)c2ccccc21. The molecule has 0 aliphatic heterocycles. The van der Waals surface area contributed by atoms with Gasteiger partial charge in [0, 0.05) is 6.61 Å². The molecular weight excluding hydrogens is 218 g/mol. The Hall–Kier alpha value is -1.55. The van der Waals surface area contributed by atoms with Gasteiger partial charge in [-0.25, -0.2) is 4.79 Å². The van der Waals surface area contributed by atoms with Gasteiger partial charge in [0.05, 0.1) is 12.1 Å². The van der Waals surface area contributed by atoms with Crippen LogP contribution in [0.2, 0.25) is 0 Å². The molecule has 92 valence electrons. The van der Waals surface area contributed by atoms with E-state index in [0.717, 1.165) is 24.0 Å². The minimum absolute atomic E-state index is 0.100. The Morgan fingerprint density at radius 1 is 1.41 bits per heavy atom. The first-order valence-electron chi connectivity index (χ1n) is 5.92. The largest absolute Gasteiger partial charge is 0.465 e. The van der Waals surface area contributed by atoms with Crippen molar-refractivity contribution < 1.29 is 14.6 Å². The minimum Gasteiger partial charge on any atom is -0.465 e. The average molecular weight is 235 g/mol. The van der Waals surface area contributed by atoms with Crippen LogP contribution in [0.15, 0.2) is 24.3 Å². The summed E-state index contributed by atoms with van der Waals surface area (Å²) in [7, 11) is 0. The van der Waals surface area contributed by atoms with E-state index in [0.29, 0.717) is 6.61 Å². The predicted molar refractivity (Wildman–Crippen MR) is 63.9 cm³/mol. The zero-order chi connectivity index (χ0) is 12.3. The lowest BCUT2D eigenvalue weighted by atomic mass is 9.85. The summed E-state index contributed by atoms with van der Waals surface area (Å²) in [5, 5.41) is 11.4. The van der Waals surface area contributed by atoms with Crippen LogP contribution < -0.4 is 5.32 Å². The number of rotatable bonds is 3. The van der Waals surface area contributed by atoms with Crippen molar-refractivity contribution in [3.63, 3.8) is 0 Å². The van der Waals surface area contributed by atoms with Gasteiger partial charge in [-0.2, -0.15) is 0 Å². The smallest absolute Gasteiger partial charge is 0.405 e. The second kappa shape index (κ2) is 5.19. The maximum absolute atomic E-state index is 10.7. The highest BCUT2D eigenvalue weighted by molar-refractivity contribution is 5.65. The van der Waals surface area contributed by atoms with Crippen molar-refractivity contribution in [2.75, 3.05) is 6.61 Å². The highest BCUT2D eigenvalue weighted by atomic mass is 16.5. The molecule has 0 radical (unpaired) electrons. The fourth-order valence-electron chi connectivity index (χ4n) is 2.42. The third-order valence-electron chi connectivity index (χ3n) is 3.10. The lowest BCUT2D eigenvalue weighted by molar-refractivity contribution is 0.0455. The van der Waals surface area contributed by atoms with Crippen LogP contribution in [-0.4, -0.2) is 17.8 Å². The van der Waals surface area contributed by atoms with E-state index >= 15 is 0 Å². The van der Waals surface area contributed by atoms with Crippen LogP contribution in [-0.2, 0) is 4.74 Å². The zero-order valence-electron chi connectivity index (χ0n) is 9.85. The van der Waals surface area contributed by atoms with Crippen LogP contribution in [0.25, 0.3) is 0 Å². The second-order valence-corrected chi connectivity index (χ2v) is 4.15. The van der Waals surface area contributed by atoms with Crippen molar-refractivity contribution in [1.82, 2.24) is 5.32 Å². The van der Waals surface area contributed by atoms with E-state index in [4.69, 9.17) is 9.84 Å². The summed E-state index contributed by atoms with van der Waals surface area (Å²) in [5.74, 6) is 0. The summed E-state index contributed by atoms with van der Waals surface area (Å²) in [4.78, 5) is 10.7. The lowest BCUT2D eigenvalue weighted by Gasteiger charge is -2.31. The highest BCUT2D eigenvalue weighted by Gasteiger charge is 2.27. The molecule has 0 unspecified atom stereocenters. The highest BCUT2D eigenvalue weighted by Crippen LogP contribution is 2.37. The van der Waals surface area contributed by atoms with Crippen molar-refractivity contribution in [2.45, 2.75) is 31.9 Å². The first-order valence-corrected chi connectivity index (χ1v) is 5.92.